The Kier molecular flexibility index (Phi) is 3.60. The van der Waals surface area contributed by atoms with Crippen molar-refractivity contribution in [1.29, 1.82) is 0 Å². The molecule has 0 unspecified atom stereocenters. The second kappa shape index (κ2) is 5.40. The molecule has 2 aliphatic heterocycles. The number of nitrogen functional groups attached to an aromatic ring is 1. The molecule has 1 aromatic rings. The number of hydrazine groups is 1. The van der Waals surface area contributed by atoms with Gasteiger partial charge in [-0.05, 0) is 24.3 Å². The maximum atomic E-state index is 11.4. The summed E-state index contributed by atoms with van der Waals surface area (Å²) >= 11 is 0. The summed E-state index contributed by atoms with van der Waals surface area (Å²) in [6, 6.07) is 7.45. The number of anilines is 1. The molecule has 2 heterocycles. The number of nitrogens with one attached hydrogen (secondary N) is 1. The topological polar surface area (TPSA) is 76.8 Å². The highest BCUT2D eigenvalue weighted by Crippen LogP contribution is 2.33. The Labute approximate surface area is 117 Å². The molecule has 0 aromatic heterocycles. The van der Waals surface area contributed by atoms with E-state index in [0.717, 1.165) is 31.6 Å². The molecule has 0 aliphatic carbocycles. The van der Waals surface area contributed by atoms with E-state index < -0.39 is 0 Å². The van der Waals surface area contributed by atoms with E-state index in [4.69, 9.17) is 15.3 Å². The highest BCUT2D eigenvalue weighted by Gasteiger charge is 2.39. The molecule has 2 saturated heterocycles. The van der Waals surface area contributed by atoms with Crippen LogP contribution in [0.5, 0.6) is 0 Å². The first-order valence-corrected chi connectivity index (χ1v) is 6.86. The van der Waals surface area contributed by atoms with Crippen LogP contribution in [0.3, 0.4) is 0 Å². The van der Waals surface area contributed by atoms with E-state index in [1.54, 1.807) is 12.1 Å². The predicted molar refractivity (Wildman–Crippen MR) is 74.2 cm³/mol. The lowest BCUT2D eigenvalue weighted by Crippen LogP contribution is -2.45. The highest BCUT2D eigenvalue weighted by atomic mass is 16.7. The molecule has 6 nitrogen and oxygen atoms in total. The summed E-state index contributed by atoms with van der Waals surface area (Å²) in [5.41, 5.74) is 3.79. The SMILES string of the molecule is NNC(=O)c1ccc(N2CCC3(CC2)OCCO3)cc1. The Morgan fingerprint density at radius 1 is 1.15 bits per heavy atom. The number of ether oxygens (including phenoxy) is 2. The summed E-state index contributed by atoms with van der Waals surface area (Å²) in [5.74, 6) is 4.49. The highest BCUT2D eigenvalue weighted by molar-refractivity contribution is 5.94. The van der Waals surface area contributed by atoms with Crippen LogP contribution in [0, 0.1) is 0 Å². The zero-order valence-corrected chi connectivity index (χ0v) is 11.3. The van der Waals surface area contributed by atoms with E-state index in [1.807, 2.05) is 12.1 Å². The Hall–Kier alpha value is -1.63. The van der Waals surface area contributed by atoms with E-state index in [0.29, 0.717) is 18.8 Å². The van der Waals surface area contributed by atoms with Gasteiger partial charge in [0.05, 0.1) is 13.2 Å². The van der Waals surface area contributed by atoms with E-state index in [9.17, 15) is 4.79 Å². The van der Waals surface area contributed by atoms with Gasteiger partial charge in [-0.2, -0.15) is 0 Å². The lowest BCUT2D eigenvalue weighted by Gasteiger charge is -2.38. The lowest BCUT2D eigenvalue weighted by molar-refractivity contribution is -0.169. The van der Waals surface area contributed by atoms with Gasteiger partial charge in [-0.25, -0.2) is 5.84 Å². The summed E-state index contributed by atoms with van der Waals surface area (Å²) in [6.45, 7) is 3.18. The first-order valence-electron chi connectivity index (χ1n) is 6.86. The summed E-state index contributed by atoms with van der Waals surface area (Å²) in [4.78, 5) is 13.7. The van der Waals surface area contributed by atoms with Crippen molar-refractivity contribution in [3.63, 3.8) is 0 Å². The fourth-order valence-electron chi connectivity index (χ4n) is 2.80. The van der Waals surface area contributed by atoms with Crippen LogP contribution in [0.15, 0.2) is 24.3 Å². The van der Waals surface area contributed by atoms with Crippen LogP contribution in [0.25, 0.3) is 0 Å². The van der Waals surface area contributed by atoms with Crippen LogP contribution >= 0.6 is 0 Å². The Morgan fingerprint density at radius 3 is 2.30 bits per heavy atom. The van der Waals surface area contributed by atoms with Gasteiger partial charge >= 0.3 is 0 Å². The second-order valence-corrected chi connectivity index (χ2v) is 5.11. The van der Waals surface area contributed by atoms with Crippen molar-refractivity contribution in [2.45, 2.75) is 18.6 Å². The zero-order valence-electron chi connectivity index (χ0n) is 11.3. The molecule has 0 saturated carbocycles. The van der Waals surface area contributed by atoms with Crippen molar-refractivity contribution in [3.05, 3.63) is 29.8 Å². The molecule has 2 fully saturated rings. The minimum absolute atomic E-state index is 0.276. The van der Waals surface area contributed by atoms with Crippen molar-refractivity contribution in [3.8, 4) is 0 Å². The molecule has 108 valence electrons. The minimum Gasteiger partial charge on any atom is -0.371 e. The molecule has 3 N–H and O–H groups in total. The number of piperidine rings is 1. The summed E-state index contributed by atoms with van der Waals surface area (Å²) < 4.78 is 11.4. The van der Waals surface area contributed by atoms with Gasteiger partial charge in [0.2, 0.25) is 0 Å². The number of nitrogens with two attached hydrogens (primary N) is 1. The number of benzene rings is 1. The number of rotatable bonds is 2. The Morgan fingerprint density at radius 2 is 1.75 bits per heavy atom. The molecule has 6 heteroatoms. The fourth-order valence-corrected chi connectivity index (χ4v) is 2.80. The maximum absolute atomic E-state index is 11.4. The third-order valence-electron chi connectivity index (χ3n) is 3.96. The van der Waals surface area contributed by atoms with Crippen LogP contribution in [0.4, 0.5) is 5.69 Å². The quantitative estimate of drug-likeness (QED) is 0.471. The van der Waals surface area contributed by atoms with Crippen molar-refractivity contribution in [2.75, 3.05) is 31.2 Å². The fraction of sp³-hybridized carbons (Fsp3) is 0.500. The average Bonchev–Trinajstić information content (AvgIpc) is 2.96. The molecular formula is C14H19N3O3. The number of carbonyl (C=O) groups excluding carboxylic acids is 1. The van der Waals surface area contributed by atoms with E-state index in [2.05, 4.69) is 10.3 Å². The van der Waals surface area contributed by atoms with Gasteiger partial charge < -0.3 is 14.4 Å². The van der Waals surface area contributed by atoms with Crippen molar-refractivity contribution in [2.24, 2.45) is 5.84 Å². The van der Waals surface area contributed by atoms with Crippen LogP contribution in [-0.4, -0.2) is 38.0 Å². The van der Waals surface area contributed by atoms with Gasteiger partial charge in [0.1, 0.15) is 0 Å². The van der Waals surface area contributed by atoms with Gasteiger partial charge in [0.15, 0.2) is 5.79 Å². The summed E-state index contributed by atoms with van der Waals surface area (Å²) in [6.07, 6.45) is 1.75. The Balaban J connectivity index is 1.64. The standard InChI is InChI=1S/C14H19N3O3/c15-16-13(18)11-1-3-12(4-2-11)17-7-5-14(6-8-17)19-9-10-20-14/h1-4H,5-10,15H2,(H,16,18). The summed E-state index contributed by atoms with van der Waals surface area (Å²) in [7, 11) is 0. The molecule has 0 bridgehead atoms. The first kappa shape index (κ1) is 13.4. The van der Waals surface area contributed by atoms with E-state index >= 15 is 0 Å². The molecule has 20 heavy (non-hydrogen) atoms. The van der Waals surface area contributed by atoms with Crippen LogP contribution in [0.1, 0.15) is 23.2 Å². The van der Waals surface area contributed by atoms with Gasteiger partial charge in [0.25, 0.3) is 5.91 Å². The maximum Gasteiger partial charge on any atom is 0.265 e. The third-order valence-corrected chi connectivity index (χ3v) is 3.96. The minimum atomic E-state index is -0.351. The van der Waals surface area contributed by atoms with Crippen molar-refractivity contribution < 1.29 is 14.3 Å². The van der Waals surface area contributed by atoms with Crippen LogP contribution < -0.4 is 16.2 Å². The zero-order chi connectivity index (χ0) is 14.0. The van der Waals surface area contributed by atoms with Gasteiger partial charge in [-0.15, -0.1) is 0 Å². The largest absolute Gasteiger partial charge is 0.371 e. The molecule has 1 spiro atoms. The molecule has 0 radical (unpaired) electrons. The van der Waals surface area contributed by atoms with Crippen LogP contribution in [-0.2, 0) is 9.47 Å². The monoisotopic (exact) mass is 277 g/mol. The van der Waals surface area contributed by atoms with Gasteiger partial charge in [-0.1, -0.05) is 0 Å². The summed E-state index contributed by atoms with van der Waals surface area (Å²) in [5, 5.41) is 0. The molecule has 3 rings (SSSR count). The normalized spacial score (nSPS) is 21.1. The smallest absolute Gasteiger partial charge is 0.265 e. The number of carbonyl (C=O) groups is 1. The first-order chi connectivity index (χ1) is 9.72. The van der Waals surface area contributed by atoms with Crippen molar-refractivity contribution in [1.82, 2.24) is 5.43 Å². The lowest BCUT2D eigenvalue weighted by atomic mass is 10.0. The van der Waals surface area contributed by atoms with Gasteiger partial charge in [-0.3, -0.25) is 10.2 Å². The Bertz CT molecular complexity index is 473. The number of hydrogen-bond donors (Lipinski definition) is 2. The second-order valence-electron chi connectivity index (χ2n) is 5.11. The van der Waals surface area contributed by atoms with Crippen molar-refractivity contribution >= 4 is 11.6 Å². The molecule has 0 atom stereocenters. The van der Waals surface area contributed by atoms with Crippen LogP contribution in [0.2, 0.25) is 0 Å². The number of amides is 1. The molecule has 2 aliphatic rings. The molecule has 1 aromatic carbocycles. The third kappa shape index (κ3) is 2.49. The van der Waals surface area contributed by atoms with Gasteiger partial charge in [0, 0.05) is 37.2 Å². The van der Waals surface area contributed by atoms with E-state index in [-0.39, 0.29) is 11.7 Å². The number of nitrogens with zero attached hydrogens (tertiary/aromatic N) is 1. The molecule has 1 amide bonds. The number of hydrogen-bond acceptors (Lipinski definition) is 5. The average molecular weight is 277 g/mol. The predicted octanol–water partition coefficient (Wildman–Crippen LogP) is 0.633. The molecular weight excluding hydrogens is 258 g/mol. The van der Waals surface area contributed by atoms with E-state index in [1.165, 1.54) is 0 Å².